The fourth-order valence-corrected chi connectivity index (χ4v) is 2.55. The summed E-state index contributed by atoms with van der Waals surface area (Å²) in [5, 5.41) is 0. The van der Waals surface area contributed by atoms with Crippen LogP contribution in [0.2, 0.25) is 0 Å². The van der Waals surface area contributed by atoms with Gasteiger partial charge in [-0.3, -0.25) is 0 Å². The lowest BCUT2D eigenvalue weighted by Gasteiger charge is -2.00. The standard InChI is InChI=1S/C11H25P.ClH/c1-3-5-7-9-11-12-10-8-6-4-2;/h12H,3-11H2,1-2H3;1H. The van der Waals surface area contributed by atoms with E-state index in [-0.39, 0.29) is 12.4 Å². The van der Waals surface area contributed by atoms with E-state index in [4.69, 9.17) is 0 Å². The average Bonchev–Trinajstić information content (AvgIpc) is 2.10. The van der Waals surface area contributed by atoms with Gasteiger partial charge >= 0.3 is 0 Å². The van der Waals surface area contributed by atoms with E-state index in [9.17, 15) is 0 Å². The zero-order chi connectivity index (χ0) is 9.07. The molecule has 0 amide bonds. The van der Waals surface area contributed by atoms with Gasteiger partial charge < -0.3 is 0 Å². The Labute approximate surface area is 92.5 Å². The Morgan fingerprint density at radius 1 is 0.692 bits per heavy atom. The van der Waals surface area contributed by atoms with E-state index in [0.717, 1.165) is 0 Å². The molecular formula is C11H26ClP. The molecule has 13 heavy (non-hydrogen) atoms. The van der Waals surface area contributed by atoms with E-state index in [1.807, 2.05) is 0 Å². The van der Waals surface area contributed by atoms with Gasteiger partial charge in [-0.05, 0) is 25.2 Å². The van der Waals surface area contributed by atoms with Crippen LogP contribution >= 0.6 is 21.0 Å². The van der Waals surface area contributed by atoms with Gasteiger partial charge in [0.05, 0.1) is 0 Å². The lowest BCUT2D eigenvalue weighted by molar-refractivity contribution is 0.704. The van der Waals surface area contributed by atoms with Crippen molar-refractivity contribution in [1.29, 1.82) is 0 Å². The van der Waals surface area contributed by atoms with E-state index >= 15 is 0 Å². The molecule has 0 aliphatic rings. The first-order chi connectivity index (χ1) is 5.91. The summed E-state index contributed by atoms with van der Waals surface area (Å²) in [5.41, 5.74) is 0. The van der Waals surface area contributed by atoms with Gasteiger partial charge in [-0.15, -0.1) is 21.0 Å². The van der Waals surface area contributed by atoms with Crippen LogP contribution in [0.25, 0.3) is 0 Å². The minimum atomic E-state index is 0. The monoisotopic (exact) mass is 224 g/mol. The first-order valence-corrected chi connectivity index (χ1v) is 7.04. The predicted molar refractivity (Wildman–Crippen MR) is 69.0 cm³/mol. The van der Waals surface area contributed by atoms with E-state index in [2.05, 4.69) is 13.8 Å². The summed E-state index contributed by atoms with van der Waals surface area (Å²) < 4.78 is 0. The Bertz CT molecular complexity index is 66.5. The third-order valence-electron chi connectivity index (χ3n) is 2.16. The zero-order valence-corrected chi connectivity index (χ0v) is 11.1. The molecule has 0 saturated heterocycles. The van der Waals surface area contributed by atoms with E-state index in [0.29, 0.717) is 0 Å². The minimum absolute atomic E-state index is 0. The molecule has 1 atom stereocenters. The van der Waals surface area contributed by atoms with Crippen molar-refractivity contribution < 1.29 is 0 Å². The fraction of sp³-hybridized carbons (Fsp3) is 1.00. The van der Waals surface area contributed by atoms with Gasteiger partial charge in [-0.25, -0.2) is 0 Å². The second-order valence-corrected chi connectivity index (χ2v) is 5.02. The maximum Gasteiger partial charge on any atom is -0.0353 e. The summed E-state index contributed by atoms with van der Waals surface area (Å²) in [7, 11) is 1.25. The van der Waals surface area contributed by atoms with Crippen molar-refractivity contribution in [1.82, 2.24) is 0 Å². The molecule has 0 heterocycles. The van der Waals surface area contributed by atoms with Crippen molar-refractivity contribution in [2.45, 2.75) is 58.8 Å². The van der Waals surface area contributed by atoms with Gasteiger partial charge in [0.2, 0.25) is 0 Å². The maximum atomic E-state index is 2.28. The van der Waals surface area contributed by atoms with Gasteiger partial charge in [0.15, 0.2) is 0 Å². The fourth-order valence-electron chi connectivity index (χ4n) is 1.30. The molecule has 82 valence electrons. The smallest absolute Gasteiger partial charge is 0.0353 e. The van der Waals surface area contributed by atoms with Crippen molar-refractivity contribution >= 4 is 21.0 Å². The first-order valence-electron chi connectivity index (χ1n) is 5.62. The highest BCUT2D eigenvalue weighted by Crippen LogP contribution is 2.16. The summed E-state index contributed by atoms with van der Waals surface area (Å²) in [6.07, 6.45) is 13.1. The quantitative estimate of drug-likeness (QED) is 0.388. The molecule has 0 rings (SSSR count). The Kier molecular flexibility index (Phi) is 18.9. The van der Waals surface area contributed by atoms with Crippen LogP contribution in [-0.4, -0.2) is 12.3 Å². The number of unbranched alkanes of at least 4 members (excludes halogenated alkanes) is 5. The Morgan fingerprint density at radius 2 is 1.15 bits per heavy atom. The zero-order valence-electron chi connectivity index (χ0n) is 9.27. The van der Waals surface area contributed by atoms with Gasteiger partial charge in [-0.2, -0.15) is 0 Å². The van der Waals surface area contributed by atoms with Crippen LogP contribution in [0.5, 0.6) is 0 Å². The molecule has 0 aromatic heterocycles. The van der Waals surface area contributed by atoms with Crippen LogP contribution in [0.3, 0.4) is 0 Å². The summed E-state index contributed by atoms with van der Waals surface area (Å²) in [6.45, 7) is 4.56. The first kappa shape index (κ1) is 16.2. The van der Waals surface area contributed by atoms with Gasteiger partial charge in [0, 0.05) is 0 Å². The highest BCUT2D eigenvalue weighted by molar-refractivity contribution is 7.37. The summed E-state index contributed by atoms with van der Waals surface area (Å²) in [4.78, 5) is 0. The Hall–Kier alpha value is 0.720. The SMILES string of the molecule is CCCCCCPCCCCC.Cl. The summed E-state index contributed by atoms with van der Waals surface area (Å²) in [6, 6.07) is 0. The van der Waals surface area contributed by atoms with Crippen LogP contribution in [-0.2, 0) is 0 Å². The molecule has 0 aromatic carbocycles. The van der Waals surface area contributed by atoms with Crippen LogP contribution in [0.4, 0.5) is 0 Å². The molecule has 0 aliphatic carbocycles. The largest absolute Gasteiger partial charge is 0.147 e. The Balaban J connectivity index is 0. The molecule has 0 aromatic rings. The maximum absolute atomic E-state index is 2.28. The van der Waals surface area contributed by atoms with Gasteiger partial charge in [0.1, 0.15) is 0 Å². The third-order valence-corrected chi connectivity index (χ3v) is 3.58. The predicted octanol–water partition coefficient (Wildman–Crippen LogP) is 4.86. The molecule has 0 bridgehead atoms. The Morgan fingerprint density at radius 3 is 1.69 bits per heavy atom. The molecule has 0 N–H and O–H groups in total. The molecule has 0 saturated carbocycles. The highest BCUT2D eigenvalue weighted by Gasteiger charge is 1.89. The van der Waals surface area contributed by atoms with E-state index in [1.165, 1.54) is 65.9 Å². The normalized spacial score (nSPS) is 10.6. The van der Waals surface area contributed by atoms with Crippen LogP contribution < -0.4 is 0 Å². The lowest BCUT2D eigenvalue weighted by Crippen LogP contribution is -1.82. The average molecular weight is 225 g/mol. The van der Waals surface area contributed by atoms with Crippen molar-refractivity contribution in [2.24, 2.45) is 0 Å². The van der Waals surface area contributed by atoms with Crippen molar-refractivity contribution in [3.05, 3.63) is 0 Å². The van der Waals surface area contributed by atoms with Crippen molar-refractivity contribution in [3.8, 4) is 0 Å². The summed E-state index contributed by atoms with van der Waals surface area (Å²) in [5.74, 6) is 0. The molecule has 0 nitrogen and oxygen atoms in total. The molecule has 0 radical (unpaired) electrons. The summed E-state index contributed by atoms with van der Waals surface area (Å²) >= 11 is 0. The van der Waals surface area contributed by atoms with Crippen molar-refractivity contribution in [3.63, 3.8) is 0 Å². The van der Waals surface area contributed by atoms with Gasteiger partial charge in [-0.1, -0.05) is 46.0 Å². The molecule has 2 heteroatoms. The minimum Gasteiger partial charge on any atom is -0.147 e. The van der Waals surface area contributed by atoms with Gasteiger partial charge in [0.25, 0.3) is 0 Å². The topological polar surface area (TPSA) is 0 Å². The third kappa shape index (κ3) is 15.5. The molecular weight excluding hydrogens is 199 g/mol. The molecule has 1 unspecified atom stereocenters. The molecule has 0 aliphatic heterocycles. The van der Waals surface area contributed by atoms with E-state index < -0.39 is 0 Å². The second-order valence-electron chi connectivity index (χ2n) is 3.52. The number of hydrogen-bond donors (Lipinski definition) is 0. The molecule has 0 spiro atoms. The van der Waals surface area contributed by atoms with Crippen LogP contribution in [0, 0.1) is 0 Å². The van der Waals surface area contributed by atoms with E-state index in [1.54, 1.807) is 0 Å². The number of rotatable bonds is 9. The second kappa shape index (κ2) is 15.2. The number of halogens is 1. The lowest BCUT2D eigenvalue weighted by atomic mass is 10.2. The van der Waals surface area contributed by atoms with Crippen molar-refractivity contribution in [2.75, 3.05) is 12.3 Å². The molecule has 0 fully saturated rings. The van der Waals surface area contributed by atoms with Crippen LogP contribution in [0.15, 0.2) is 0 Å². The highest BCUT2D eigenvalue weighted by atomic mass is 35.5. The number of hydrogen-bond acceptors (Lipinski definition) is 0. The van der Waals surface area contributed by atoms with Crippen LogP contribution in [0.1, 0.15) is 58.8 Å².